The molecule has 0 amide bonds. The minimum absolute atomic E-state index is 0.0677. The second kappa shape index (κ2) is 7.36. The lowest BCUT2D eigenvalue weighted by molar-refractivity contribution is -0.135. The molecule has 0 bridgehead atoms. The summed E-state index contributed by atoms with van der Waals surface area (Å²) in [6.45, 7) is 0.249. The van der Waals surface area contributed by atoms with Gasteiger partial charge >= 0.3 is 5.97 Å². The number of carbonyl (C=O) groups is 1. The number of pyridine rings is 1. The van der Waals surface area contributed by atoms with Crippen molar-refractivity contribution in [2.24, 2.45) is 5.10 Å². The number of aromatic nitrogens is 1. The Morgan fingerprint density at radius 1 is 1.25 bits per heavy atom. The number of hydrazone groups is 1. The number of aryl methyl sites for hydroxylation is 1. The van der Waals surface area contributed by atoms with Gasteiger partial charge in [-0.1, -0.05) is 41.9 Å². The number of halogens is 1. The molecule has 2 heterocycles. The first-order valence-corrected chi connectivity index (χ1v) is 9.03. The minimum atomic E-state index is -0.503. The third-order valence-corrected chi connectivity index (χ3v) is 4.66. The van der Waals surface area contributed by atoms with Crippen molar-refractivity contribution in [2.45, 2.75) is 19.4 Å². The van der Waals surface area contributed by atoms with E-state index in [1.165, 1.54) is 6.07 Å². The SMILES string of the molecule is O=C(CCc1ccccc1)OC1=NNCc2[nH]c3cc(Cl)cc(O)c3c(=O)c21. The monoisotopic (exact) mass is 397 g/mol. The highest BCUT2D eigenvalue weighted by molar-refractivity contribution is 6.31. The maximum Gasteiger partial charge on any atom is 0.312 e. The molecule has 28 heavy (non-hydrogen) atoms. The molecular formula is C20H16ClN3O4. The van der Waals surface area contributed by atoms with Gasteiger partial charge in [0.05, 0.1) is 29.6 Å². The van der Waals surface area contributed by atoms with Gasteiger partial charge in [0, 0.05) is 5.02 Å². The van der Waals surface area contributed by atoms with Gasteiger partial charge in [0.15, 0.2) is 0 Å². The maximum absolute atomic E-state index is 13.0. The summed E-state index contributed by atoms with van der Waals surface area (Å²) in [5.41, 5.74) is 4.28. The summed E-state index contributed by atoms with van der Waals surface area (Å²) in [5.74, 6) is -0.867. The van der Waals surface area contributed by atoms with E-state index in [-0.39, 0.29) is 35.6 Å². The van der Waals surface area contributed by atoms with Crippen LogP contribution in [0.4, 0.5) is 0 Å². The fraction of sp³-hybridized carbons (Fsp3) is 0.150. The second-order valence-electron chi connectivity index (χ2n) is 6.37. The fourth-order valence-corrected chi connectivity index (χ4v) is 3.36. The molecular weight excluding hydrogens is 382 g/mol. The fourth-order valence-electron chi connectivity index (χ4n) is 3.15. The van der Waals surface area contributed by atoms with E-state index in [1.54, 1.807) is 6.07 Å². The Kier molecular flexibility index (Phi) is 4.75. The largest absolute Gasteiger partial charge is 0.507 e. The lowest BCUT2D eigenvalue weighted by Crippen LogP contribution is -2.31. The average molecular weight is 398 g/mol. The third-order valence-electron chi connectivity index (χ3n) is 4.45. The molecule has 0 fully saturated rings. The van der Waals surface area contributed by atoms with Crippen LogP contribution < -0.4 is 10.9 Å². The van der Waals surface area contributed by atoms with Crippen molar-refractivity contribution in [3.8, 4) is 5.75 Å². The molecule has 1 aliphatic rings. The van der Waals surface area contributed by atoms with Gasteiger partial charge in [0.25, 0.3) is 5.90 Å². The van der Waals surface area contributed by atoms with E-state index in [0.29, 0.717) is 22.7 Å². The number of rotatable bonds is 3. The number of hydrogen-bond acceptors (Lipinski definition) is 6. The minimum Gasteiger partial charge on any atom is -0.507 e. The molecule has 1 aliphatic heterocycles. The van der Waals surface area contributed by atoms with Crippen molar-refractivity contribution in [3.63, 3.8) is 0 Å². The zero-order valence-electron chi connectivity index (χ0n) is 14.7. The molecule has 4 rings (SSSR count). The Bertz CT molecular complexity index is 1160. The molecule has 0 spiro atoms. The first kappa shape index (κ1) is 18.1. The number of benzene rings is 2. The van der Waals surface area contributed by atoms with E-state index in [9.17, 15) is 14.7 Å². The molecule has 8 heteroatoms. The highest BCUT2D eigenvalue weighted by Gasteiger charge is 2.25. The summed E-state index contributed by atoms with van der Waals surface area (Å²) in [6, 6.07) is 12.4. The Morgan fingerprint density at radius 2 is 2.04 bits per heavy atom. The summed E-state index contributed by atoms with van der Waals surface area (Å²) in [7, 11) is 0. The van der Waals surface area contributed by atoms with E-state index < -0.39 is 11.4 Å². The van der Waals surface area contributed by atoms with Crippen LogP contribution >= 0.6 is 11.6 Å². The van der Waals surface area contributed by atoms with E-state index in [1.807, 2.05) is 30.3 Å². The van der Waals surface area contributed by atoms with Gasteiger partial charge in [0.1, 0.15) is 11.3 Å². The zero-order valence-corrected chi connectivity index (χ0v) is 15.4. The number of aromatic hydroxyl groups is 1. The first-order chi connectivity index (χ1) is 13.5. The average Bonchev–Trinajstić information content (AvgIpc) is 2.66. The van der Waals surface area contributed by atoms with Crippen molar-refractivity contribution in [2.75, 3.05) is 0 Å². The van der Waals surface area contributed by atoms with Crippen LogP contribution in [0.2, 0.25) is 5.02 Å². The van der Waals surface area contributed by atoms with Crippen LogP contribution in [0.1, 0.15) is 23.2 Å². The summed E-state index contributed by atoms with van der Waals surface area (Å²) < 4.78 is 5.35. The maximum atomic E-state index is 13.0. The third kappa shape index (κ3) is 3.44. The number of fused-ring (bicyclic) bond motifs is 2. The summed E-state index contributed by atoms with van der Waals surface area (Å²) in [6.07, 6.45) is 0.658. The quantitative estimate of drug-likeness (QED) is 0.589. The zero-order chi connectivity index (χ0) is 19.7. The number of carbonyl (C=O) groups excluding carboxylic acids is 1. The van der Waals surface area contributed by atoms with Gasteiger partial charge in [-0.3, -0.25) is 9.59 Å². The first-order valence-electron chi connectivity index (χ1n) is 8.66. The molecule has 1 aromatic heterocycles. The van der Waals surface area contributed by atoms with Crippen molar-refractivity contribution in [3.05, 3.63) is 74.5 Å². The molecule has 0 saturated carbocycles. The van der Waals surface area contributed by atoms with Crippen LogP contribution in [-0.4, -0.2) is 22.0 Å². The molecule has 3 N–H and O–H groups in total. The highest BCUT2D eigenvalue weighted by atomic mass is 35.5. The van der Waals surface area contributed by atoms with Crippen LogP contribution in [0.15, 0.2) is 52.4 Å². The van der Waals surface area contributed by atoms with Gasteiger partial charge in [-0.2, -0.15) is 0 Å². The Hall–Kier alpha value is -3.32. The normalized spacial score (nSPS) is 12.8. The lowest BCUT2D eigenvalue weighted by Gasteiger charge is -2.18. The number of nitrogens with one attached hydrogen (secondary N) is 2. The Morgan fingerprint density at radius 3 is 2.82 bits per heavy atom. The van der Waals surface area contributed by atoms with Crippen LogP contribution in [0.5, 0.6) is 5.75 Å². The highest BCUT2D eigenvalue weighted by Crippen LogP contribution is 2.27. The van der Waals surface area contributed by atoms with Crippen molar-refractivity contribution in [1.82, 2.24) is 10.4 Å². The molecule has 0 saturated heterocycles. The Labute approximate surface area is 164 Å². The number of esters is 1. The topological polar surface area (TPSA) is 104 Å². The number of hydrogen-bond donors (Lipinski definition) is 3. The number of aromatic amines is 1. The van der Waals surface area contributed by atoms with Crippen molar-refractivity contribution < 1.29 is 14.6 Å². The predicted molar refractivity (Wildman–Crippen MR) is 105 cm³/mol. The Balaban J connectivity index is 1.62. The molecule has 0 atom stereocenters. The number of nitrogens with zero attached hydrogens (tertiary/aromatic N) is 1. The molecule has 0 radical (unpaired) electrons. The summed E-state index contributed by atoms with van der Waals surface area (Å²) in [4.78, 5) is 28.3. The second-order valence-corrected chi connectivity index (χ2v) is 6.80. The molecule has 3 aromatic rings. The van der Waals surface area contributed by atoms with Gasteiger partial charge < -0.3 is 20.3 Å². The summed E-state index contributed by atoms with van der Waals surface area (Å²) >= 11 is 5.95. The number of ether oxygens (including phenoxy) is 1. The molecule has 0 unspecified atom stereocenters. The molecule has 0 aliphatic carbocycles. The van der Waals surface area contributed by atoms with Gasteiger partial charge in [-0.25, -0.2) is 0 Å². The molecule has 142 valence electrons. The molecule has 2 aromatic carbocycles. The van der Waals surface area contributed by atoms with Gasteiger partial charge in [-0.05, 0) is 24.1 Å². The van der Waals surface area contributed by atoms with Crippen LogP contribution in [0.25, 0.3) is 10.9 Å². The number of phenols is 1. The lowest BCUT2D eigenvalue weighted by atomic mass is 10.1. The van der Waals surface area contributed by atoms with E-state index in [0.717, 1.165) is 5.56 Å². The van der Waals surface area contributed by atoms with E-state index in [4.69, 9.17) is 16.3 Å². The van der Waals surface area contributed by atoms with Crippen molar-refractivity contribution in [1.29, 1.82) is 0 Å². The molecule has 7 nitrogen and oxygen atoms in total. The summed E-state index contributed by atoms with van der Waals surface area (Å²) in [5, 5.41) is 14.5. The van der Waals surface area contributed by atoms with E-state index >= 15 is 0 Å². The van der Waals surface area contributed by atoms with Crippen LogP contribution in [0, 0.1) is 0 Å². The van der Waals surface area contributed by atoms with E-state index in [2.05, 4.69) is 15.5 Å². The standard InChI is InChI=1S/C20H16ClN3O4/c21-12-8-13-17(15(25)9-12)19(27)18-14(23-13)10-22-24-20(18)28-16(26)7-6-11-4-2-1-3-5-11/h1-5,8-9,22,25H,6-7,10H2,(H,23,27). The van der Waals surface area contributed by atoms with Crippen LogP contribution in [-0.2, 0) is 22.5 Å². The van der Waals surface area contributed by atoms with Crippen LogP contribution in [0.3, 0.4) is 0 Å². The van der Waals surface area contributed by atoms with Gasteiger partial charge in [-0.15, -0.1) is 5.10 Å². The smallest absolute Gasteiger partial charge is 0.312 e. The number of H-pyrrole nitrogens is 1. The van der Waals surface area contributed by atoms with Gasteiger partial charge in [0.2, 0.25) is 5.43 Å². The predicted octanol–water partition coefficient (Wildman–Crippen LogP) is 2.83. The number of phenolic OH excluding ortho intramolecular Hbond substituents is 1. The van der Waals surface area contributed by atoms with Crippen molar-refractivity contribution >= 4 is 34.4 Å².